The fraction of sp³-hybridized carbons (Fsp3) is 1.00. The largest absolute Gasteiger partial charge is 0.388 e. The first-order valence-corrected chi connectivity index (χ1v) is 8.17. The van der Waals surface area contributed by atoms with Crippen LogP contribution in [0.2, 0.25) is 0 Å². The lowest BCUT2D eigenvalue weighted by molar-refractivity contribution is -0.105. The Morgan fingerprint density at radius 2 is 1.81 bits per heavy atom. The fourth-order valence-electron chi connectivity index (χ4n) is 2.99. The molecule has 1 heterocycles. The molecule has 2 fully saturated rings. The van der Waals surface area contributed by atoms with Gasteiger partial charge in [-0.3, -0.25) is 4.90 Å². The average molecular weight is 300 g/mol. The molecule has 2 N–H and O–H groups in total. The van der Waals surface area contributed by atoms with Crippen molar-refractivity contribution in [3.8, 4) is 0 Å². The van der Waals surface area contributed by atoms with E-state index in [1.54, 1.807) is 0 Å². The highest BCUT2D eigenvalue weighted by atomic mass is 16.5. The summed E-state index contributed by atoms with van der Waals surface area (Å²) in [5.41, 5.74) is -0.745. The zero-order chi connectivity index (χ0) is 15.5. The van der Waals surface area contributed by atoms with Gasteiger partial charge in [0.25, 0.3) is 0 Å². The maximum absolute atomic E-state index is 10.5. The Labute approximate surface area is 129 Å². The molecule has 5 heteroatoms. The maximum Gasteiger partial charge on any atom is 0.0869 e. The molecule has 1 atom stereocenters. The molecule has 0 aromatic carbocycles. The molecular formula is C16H32N2O3. The van der Waals surface area contributed by atoms with Gasteiger partial charge in [0.15, 0.2) is 0 Å². The van der Waals surface area contributed by atoms with Crippen molar-refractivity contribution in [1.82, 2.24) is 10.2 Å². The summed E-state index contributed by atoms with van der Waals surface area (Å²) in [6.07, 6.45) is 2.46. The monoisotopic (exact) mass is 300 g/mol. The van der Waals surface area contributed by atoms with Crippen molar-refractivity contribution in [2.45, 2.75) is 63.9 Å². The van der Waals surface area contributed by atoms with Gasteiger partial charge in [0.1, 0.15) is 0 Å². The highest BCUT2D eigenvalue weighted by Crippen LogP contribution is 2.27. The van der Waals surface area contributed by atoms with E-state index in [1.165, 1.54) is 0 Å². The minimum absolute atomic E-state index is 0.0581. The highest BCUT2D eigenvalue weighted by Gasteiger charge is 2.34. The molecule has 0 aromatic rings. The third kappa shape index (κ3) is 6.20. The quantitative estimate of drug-likeness (QED) is 0.767. The molecule has 21 heavy (non-hydrogen) atoms. The van der Waals surface area contributed by atoms with Crippen molar-refractivity contribution in [3.05, 3.63) is 0 Å². The van der Waals surface area contributed by atoms with E-state index >= 15 is 0 Å². The second-order valence-corrected chi connectivity index (χ2v) is 7.79. The number of rotatable bonds is 6. The number of hydrogen-bond acceptors (Lipinski definition) is 5. The summed E-state index contributed by atoms with van der Waals surface area (Å²) < 4.78 is 11.3. The predicted octanol–water partition coefficient (Wildman–Crippen LogP) is 1.01. The van der Waals surface area contributed by atoms with Gasteiger partial charge < -0.3 is 19.9 Å². The van der Waals surface area contributed by atoms with E-state index < -0.39 is 5.60 Å². The van der Waals surface area contributed by atoms with Crippen LogP contribution in [-0.4, -0.2) is 72.7 Å². The standard InChI is InChI=1S/C16H32N2O3/c1-15(2,3)21-14-9-13(10-14)17-11-16(4,19)12-18-5-7-20-8-6-18/h13-14,17,19H,5-12H2,1-4H3. The number of nitrogens with one attached hydrogen (secondary N) is 1. The lowest BCUT2D eigenvalue weighted by atomic mass is 9.88. The molecule has 1 saturated carbocycles. The Hall–Kier alpha value is -0.200. The third-order valence-corrected chi connectivity index (χ3v) is 4.05. The lowest BCUT2D eigenvalue weighted by Crippen LogP contribution is -2.55. The van der Waals surface area contributed by atoms with Crippen molar-refractivity contribution in [2.75, 3.05) is 39.4 Å². The van der Waals surface area contributed by atoms with Gasteiger partial charge in [0.2, 0.25) is 0 Å². The van der Waals surface area contributed by atoms with Crippen LogP contribution in [0.5, 0.6) is 0 Å². The molecule has 2 aliphatic rings. The summed E-state index contributed by atoms with van der Waals surface area (Å²) in [4.78, 5) is 2.28. The Bertz CT molecular complexity index is 316. The van der Waals surface area contributed by atoms with Crippen LogP contribution in [0.3, 0.4) is 0 Å². The van der Waals surface area contributed by atoms with Gasteiger partial charge in [-0.25, -0.2) is 0 Å². The summed E-state index contributed by atoms with van der Waals surface area (Å²) in [6.45, 7) is 12.9. The highest BCUT2D eigenvalue weighted by molar-refractivity contribution is 4.90. The normalized spacial score (nSPS) is 30.7. The zero-order valence-corrected chi connectivity index (χ0v) is 14.0. The predicted molar refractivity (Wildman–Crippen MR) is 83.5 cm³/mol. The first kappa shape index (κ1) is 17.2. The molecule has 0 bridgehead atoms. The first-order valence-electron chi connectivity index (χ1n) is 8.17. The van der Waals surface area contributed by atoms with Gasteiger partial charge in [-0.2, -0.15) is 0 Å². The van der Waals surface area contributed by atoms with E-state index in [4.69, 9.17) is 9.47 Å². The average Bonchev–Trinajstić information content (AvgIpc) is 2.31. The van der Waals surface area contributed by atoms with Gasteiger partial charge in [0.05, 0.1) is 30.5 Å². The van der Waals surface area contributed by atoms with Crippen molar-refractivity contribution < 1.29 is 14.6 Å². The molecule has 0 aromatic heterocycles. The molecule has 0 radical (unpaired) electrons. The van der Waals surface area contributed by atoms with Crippen molar-refractivity contribution in [3.63, 3.8) is 0 Å². The third-order valence-electron chi connectivity index (χ3n) is 4.05. The minimum Gasteiger partial charge on any atom is -0.388 e. The summed E-state index contributed by atoms with van der Waals surface area (Å²) in [6, 6.07) is 0.480. The summed E-state index contributed by atoms with van der Waals surface area (Å²) in [5, 5.41) is 14.0. The topological polar surface area (TPSA) is 54.0 Å². The molecule has 0 spiro atoms. The summed E-state index contributed by atoms with van der Waals surface area (Å²) in [7, 11) is 0. The van der Waals surface area contributed by atoms with Gasteiger partial charge in [-0.1, -0.05) is 0 Å². The second kappa shape index (κ2) is 6.92. The molecule has 124 valence electrons. The van der Waals surface area contributed by atoms with Crippen LogP contribution in [0, 0.1) is 0 Å². The number of ether oxygens (including phenoxy) is 2. The van der Waals surface area contributed by atoms with E-state index in [9.17, 15) is 5.11 Å². The first-order chi connectivity index (χ1) is 9.73. The van der Waals surface area contributed by atoms with Crippen molar-refractivity contribution >= 4 is 0 Å². The molecular weight excluding hydrogens is 268 g/mol. The Morgan fingerprint density at radius 1 is 1.19 bits per heavy atom. The molecule has 1 saturated heterocycles. The lowest BCUT2D eigenvalue weighted by Gasteiger charge is -2.41. The van der Waals surface area contributed by atoms with Crippen LogP contribution in [0.15, 0.2) is 0 Å². The van der Waals surface area contributed by atoms with E-state index in [1.807, 2.05) is 6.92 Å². The Balaban J connectivity index is 1.62. The van der Waals surface area contributed by atoms with Crippen LogP contribution in [0.4, 0.5) is 0 Å². The summed E-state index contributed by atoms with van der Waals surface area (Å²) in [5.74, 6) is 0. The van der Waals surface area contributed by atoms with E-state index in [0.29, 0.717) is 25.2 Å². The van der Waals surface area contributed by atoms with Crippen molar-refractivity contribution in [1.29, 1.82) is 0 Å². The molecule has 1 aliphatic carbocycles. The molecule has 1 aliphatic heterocycles. The molecule has 5 nitrogen and oxygen atoms in total. The van der Waals surface area contributed by atoms with Gasteiger partial charge in [-0.05, 0) is 40.5 Å². The van der Waals surface area contributed by atoms with E-state index in [2.05, 4.69) is 31.0 Å². The zero-order valence-electron chi connectivity index (χ0n) is 14.0. The van der Waals surface area contributed by atoms with E-state index in [-0.39, 0.29) is 5.60 Å². The van der Waals surface area contributed by atoms with Crippen LogP contribution in [0.25, 0.3) is 0 Å². The SMILES string of the molecule is CC(O)(CNC1CC(OC(C)(C)C)C1)CN1CCOCC1. The smallest absolute Gasteiger partial charge is 0.0869 e. The number of aliphatic hydroxyl groups is 1. The van der Waals surface area contributed by atoms with Crippen LogP contribution < -0.4 is 5.32 Å². The Kier molecular flexibility index (Phi) is 5.65. The molecule has 2 rings (SSSR count). The second-order valence-electron chi connectivity index (χ2n) is 7.79. The Morgan fingerprint density at radius 3 is 2.38 bits per heavy atom. The van der Waals surface area contributed by atoms with E-state index in [0.717, 1.165) is 39.1 Å². The van der Waals surface area contributed by atoms with Crippen molar-refractivity contribution in [2.24, 2.45) is 0 Å². The molecule has 0 amide bonds. The fourth-order valence-corrected chi connectivity index (χ4v) is 2.99. The number of β-amino-alcohol motifs (C(OH)–C–C–N with tert-alkyl or cyclic N) is 1. The van der Waals surface area contributed by atoms with Crippen LogP contribution in [-0.2, 0) is 9.47 Å². The number of hydrogen-bond donors (Lipinski definition) is 2. The number of morpholine rings is 1. The van der Waals surface area contributed by atoms with Gasteiger partial charge >= 0.3 is 0 Å². The minimum atomic E-state index is -0.687. The summed E-state index contributed by atoms with van der Waals surface area (Å²) >= 11 is 0. The van der Waals surface area contributed by atoms with Crippen LogP contribution >= 0.6 is 0 Å². The van der Waals surface area contributed by atoms with Crippen LogP contribution in [0.1, 0.15) is 40.5 Å². The maximum atomic E-state index is 10.5. The van der Waals surface area contributed by atoms with Gasteiger partial charge in [0, 0.05) is 32.2 Å². The number of nitrogens with zero attached hydrogens (tertiary/aromatic N) is 1. The van der Waals surface area contributed by atoms with Gasteiger partial charge in [-0.15, -0.1) is 0 Å². The molecule has 1 unspecified atom stereocenters.